The first-order valence-corrected chi connectivity index (χ1v) is 8.06. The molecule has 1 aliphatic rings. The number of rotatable bonds is 4. The predicted octanol–water partition coefficient (Wildman–Crippen LogP) is 2.51. The highest BCUT2D eigenvalue weighted by atomic mass is 16.7. The Balaban J connectivity index is 1.64. The van der Waals surface area contributed by atoms with Crippen LogP contribution in [0.25, 0.3) is 0 Å². The molecule has 0 saturated carbocycles. The fraction of sp³-hybridized carbons (Fsp3) is 0.389. The van der Waals surface area contributed by atoms with Crippen LogP contribution in [0.1, 0.15) is 43.8 Å². The molecule has 0 spiro atoms. The second-order valence-corrected chi connectivity index (χ2v) is 6.96. The van der Waals surface area contributed by atoms with Crippen molar-refractivity contribution in [3.8, 4) is 0 Å². The quantitative estimate of drug-likeness (QED) is 0.877. The Morgan fingerprint density at radius 2 is 1.62 bits per heavy atom. The van der Waals surface area contributed by atoms with Crippen molar-refractivity contribution in [2.24, 2.45) is 0 Å². The first kappa shape index (κ1) is 16.8. The van der Waals surface area contributed by atoms with Crippen LogP contribution >= 0.6 is 0 Å². The van der Waals surface area contributed by atoms with E-state index in [-0.39, 0.29) is 11.7 Å². The summed E-state index contributed by atoms with van der Waals surface area (Å²) in [6.45, 7) is 8.35. The van der Waals surface area contributed by atoms with E-state index in [4.69, 9.17) is 13.7 Å². The molecule has 3 rings (SSSR count). The lowest BCUT2D eigenvalue weighted by molar-refractivity contribution is 0.00578. The summed E-state index contributed by atoms with van der Waals surface area (Å²) in [5, 5.41) is 2.84. The molecule has 1 saturated heterocycles. The maximum Gasteiger partial charge on any atom is 0.532 e. The van der Waals surface area contributed by atoms with E-state index in [1.807, 2.05) is 58.0 Å². The van der Waals surface area contributed by atoms with Gasteiger partial charge in [0.15, 0.2) is 5.76 Å². The van der Waals surface area contributed by atoms with E-state index >= 15 is 0 Å². The number of carbonyl (C=O) groups is 1. The molecule has 2 heterocycles. The van der Waals surface area contributed by atoms with Crippen LogP contribution in [0.4, 0.5) is 0 Å². The van der Waals surface area contributed by atoms with Gasteiger partial charge in [0.05, 0.1) is 11.2 Å². The third-order valence-corrected chi connectivity index (χ3v) is 4.63. The highest BCUT2D eigenvalue weighted by Gasteiger charge is 2.53. The normalized spacial score (nSPS) is 18.6. The lowest BCUT2D eigenvalue weighted by Gasteiger charge is -2.32. The third kappa shape index (κ3) is 3.25. The second kappa shape index (κ2) is 6.11. The molecule has 24 heavy (non-hydrogen) atoms. The van der Waals surface area contributed by atoms with Crippen molar-refractivity contribution in [3.63, 3.8) is 0 Å². The SMILES string of the molecule is CC1(C)OB(c2ccc(C(=O)NCc3ccccc3)o2)OC1(C)C. The molecule has 1 N–H and O–H groups in total. The lowest BCUT2D eigenvalue weighted by atomic mass is 9.86. The topological polar surface area (TPSA) is 60.7 Å². The Labute approximate surface area is 142 Å². The van der Waals surface area contributed by atoms with E-state index in [2.05, 4.69) is 5.32 Å². The summed E-state index contributed by atoms with van der Waals surface area (Å²) in [6.07, 6.45) is 0. The monoisotopic (exact) mass is 327 g/mol. The number of hydrogen-bond acceptors (Lipinski definition) is 4. The summed E-state index contributed by atoms with van der Waals surface area (Å²) in [6, 6.07) is 13.1. The Morgan fingerprint density at radius 1 is 1.00 bits per heavy atom. The number of amides is 1. The van der Waals surface area contributed by atoms with Crippen LogP contribution in [0.5, 0.6) is 0 Å². The Kier molecular flexibility index (Phi) is 4.28. The molecule has 1 aliphatic heterocycles. The minimum atomic E-state index is -0.606. The van der Waals surface area contributed by atoms with Crippen molar-refractivity contribution in [1.29, 1.82) is 0 Å². The van der Waals surface area contributed by atoms with Crippen molar-refractivity contribution < 1.29 is 18.5 Å². The molecule has 6 heteroatoms. The highest BCUT2D eigenvalue weighted by molar-refractivity contribution is 6.60. The van der Waals surface area contributed by atoms with Gasteiger partial charge in [-0.15, -0.1) is 0 Å². The molecule has 1 fully saturated rings. The van der Waals surface area contributed by atoms with E-state index < -0.39 is 18.3 Å². The summed E-state index contributed by atoms with van der Waals surface area (Å²) >= 11 is 0. The molecular weight excluding hydrogens is 305 g/mol. The number of hydrogen-bond donors (Lipinski definition) is 1. The molecule has 0 bridgehead atoms. The van der Waals surface area contributed by atoms with Crippen LogP contribution in [0, 0.1) is 0 Å². The largest absolute Gasteiger partial charge is 0.532 e. The van der Waals surface area contributed by atoms with Crippen LogP contribution in [0.3, 0.4) is 0 Å². The van der Waals surface area contributed by atoms with Crippen LogP contribution < -0.4 is 11.0 Å². The van der Waals surface area contributed by atoms with E-state index in [1.165, 1.54) is 0 Å². The number of carbonyl (C=O) groups excluding carboxylic acids is 1. The first-order chi connectivity index (χ1) is 11.3. The van der Waals surface area contributed by atoms with Gasteiger partial charge in [0.1, 0.15) is 5.66 Å². The number of furan rings is 1. The van der Waals surface area contributed by atoms with E-state index in [0.717, 1.165) is 5.56 Å². The van der Waals surface area contributed by atoms with Crippen LogP contribution in [-0.4, -0.2) is 24.2 Å². The molecule has 1 aromatic carbocycles. The summed E-state index contributed by atoms with van der Waals surface area (Å²) in [5.74, 6) is -0.0164. The fourth-order valence-corrected chi connectivity index (χ4v) is 2.43. The van der Waals surface area contributed by atoms with Crippen LogP contribution in [0.15, 0.2) is 46.9 Å². The molecule has 0 radical (unpaired) electrons. The Hall–Kier alpha value is -2.05. The molecular formula is C18H22BNO4. The molecule has 0 unspecified atom stereocenters. The molecule has 5 nitrogen and oxygen atoms in total. The Morgan fingerprint density at radius 3 is 2.25 bits per heavy atom. The summed E-state index contributed by atoms with van der Waals surface area (Å²) < 4.78 is 17.5. The predicted molar refractivity (Wildman–Crippen MR) is 92.0 cm³/mol. The summed E-state index contributed by atoms with van der Waals surface area (Å²) in [5.41, 5.74) is 0.641. The van der Waals surface area contributed by atoms with Gasteiger partial charge in [0.25, 0.3) is 5.91 Å². The van der Waals surface area contributed by atoms with Gasteiger partial charge < -0.3 is 19.0 Å². The van der Waals surface area contributed by atoms with Crippen LogP contribution in [-0.2, 0) is 15.9 Å². The average molecular weight is 327 g/mol. The minimum Gasteiger partial charge on any atom is -0.459 e. The molecule has 0 aliphatic carbocycles. The van der Waals surface area contributed by atoms with Crippen molar-refractivity contribution in [3.05, 3.63) is 53.8 Å². The van der Waals surface area contributed by atoms with Crippen molar-refractivity contribution in [2.75, 3.05) is 0 Å². The van der Waals surface area contributed by atoms with E-state index in [9.17, 15) is 4.79 Å². The minimum absolute atomic E-state index is 0.246. The standard InChI is InChI=1S/C18H22BNO4/c1-17(2)18(3,4)24-19(23-17)15-11-10-14(22-15)16(21)20-12-13-8-6-5-7-9-13/h5-11H,12H2,1-4H3,(H,20,21). The van der Waals surface area contributed by atoms with Gasteiger partial charge in [0.2, 0.25) is 0 Å². The third-order valence-electron chi connectivity index (χ3n) is 4.63. The average Bonchev–Trinajstić information content (AvgIpc) is 3.09. The lowest BCUT2D eigenvalue weighted by Crippen LogP contribution is -2.41. The van der Waals surface area contributed by atoms with Crippen molar-refractivity contribution in [1.82, 2.24) is 5.32 Å². The highest BCUT2D eigenvalue weighted by Crippen LogP contribution is 2.36. The molecule has 1 amide bonds. The van der Waals surface area contributed by atoms with E-state index in [1.54, 1.807) is 12.1 Å². The fourth-order valence-electron chi connectivity index (χ4n) is 2.43. The maximum absolute atomic E-state index is 12.2. The molecule has 126 valence electrons. The molecule has 2 aromatic rings. The first-order valence-electron chi connectivity index (χ1n) is 8.06. The zero-order valence-corrected chi connectivity index (χ0v) is 14.5. The zero-order chi connectivity index (χ0) is 17.4. The summed E-state index contributed by atoms with van der Waals surface area (Å²) in [7, 11) is -0.606. The smallest absolute Gasteiger partial charge is 0.459 e. The van der Waals surface area contributed by atoms with E-state index in [0.29, 0.717) is 12.2 Å². The van der Waals surface area contributed by atoms with Crippen molar-refractivity contribution in [2.45, 2.75) is 45.4 Å². The van der Waals surface area contributed by atoms with Crippen LogP contribution in [0.2, 0.25) is 0 Å². The maximum atomic E-state index is 12.2. The zero-order valence-electron chi connectivity index (χ0n) is 14.5. The molecule has 1 aromatic heterocycles. The van der Waals surface area contributed by atoms with Gasteiger partial charge in [-0.2, -0.15) is 0 Å². The van der Waals surface area contributed by atoms with Gasteiger partial charge in [-0.1, -0.05) is 30.3 Å². The van der Waals surface area contributed by atoms with Gasteiger partial charge >= 0.3 is 7.12 Å². The molecule has 0 atom stereocenters. The van der Waals surface area contributed by atoms with Crippen molar-refractivity contribution >= 4 is 18.7 Å². The van der Waals surface area contributed by atoms with Gasteiger partial charge in [-0.3, -0.25) is 4.79 Å². The second-order valence-electron chi connectivity index (χ2n) is 6.96. The number of nitrogens with one attached hydrogen (secondary N) is 1. The summed E-state index contributed by atoms with van der Waals surface area (Å²) in [4.78, 5) is 12.2. The van der Waals surface area contributed by atoms with Gasteiger partial charge in [-0.05, 0) is 45.4 Å². The Bertz CT molecular complexity index is 708. The van der Waals surface area contributed by atoms with Gasteiger partial charge in [-0.25, -0.2) is 0 Å². The number of benzene rings is 1. The van der Waals surface area contributed by atoms with Gasteiger partial charge in [0, 0.05) is 6.54 Å².